The van der Waals surface area contributed by atoms with Gasteiger partial charge in [0.15, 0.2) is 0 Å². The summed E-state index contributed by atoms with van der Waals surface area (Å²) < 4.78 is 0. The average molecular weight is 222 g/mol. The highest BCUT2D eigenvalue weighted by molar-refractivity contribution is 5.46. The molecule has 4 nitrogen and oxygen atoms in total. The van der Waals surface area contributed by atoms with Crippen molar-refractivity contribution >= 4 is 11.6 Å². The third kappa shape index (κ3) is 4.96. The monoisotopic (exact) mass is 222 g/mol. The highest BCUT2D eigenvalue weighted by Gasteiger charge is 1.96. The second-order valence-corrected chi connectivity index (χ2v) is 3.85. The summed E-state index contributed by atoms with van der Waals surface area (Å²) in [5, 5.41) is 6.55. The largest absolute Gasteiger partial charge is 0.370 e. The van der Waals surface area contributed by atoms with Crippen molar-refractivity contribution in [1.82, 2.24) is 9.97 Å². The van der Waals surface area contributed by atoms with Gasteiger partial charge in [-0.15, -0.1) is 0 Å². The number of nitrogens with one attached hydrogen (secondary N) is 2. The maximum atomic E-state index is 4.18. The van der Waals surface area contributed by atoms with Crippen LogP contribution in [-0.2, 0) is 0 Å². The Kier molecular flexibility index (Phi) is 6.30. The van der Waals surface area contributed by atoms with E-state index in [9.17, 15) is 0 Å². The maximum absolute atomic E-state index is 4.18. The van der Waals surface area contributed by atoms with Crippen molar-refractivity contribution in [2.75, 3.05) is 23.7 Å². The van der Waals surface area contributed by atoms with Gasteiger partial charge in [0, 0.05) is 19.2 Å². The van der Waals surface area contributed by atoms with E-state index >= 15 is 0 Å². The van der Waals surface area contributed by atoms with Gasteiger partial charge in [-0.05, 0) is 12.8 Å². The molecule has 1 aromatic rings. The fourth-order valence-electron chi connectivity index (χ4n) is 1.40. The predicted molar refractivity (Wildman–Crippen MR) is 68.8 cm³/mol. The third-order valence-electron chi connectivity index (χ3n) is 2.31. The van der Waals surface area contributed by atoms with E-state index in [2.05, 4.69) is 34.4 Å². The van der Waals surface area contributed by atoms with Crippen LogP contribution in [0.2, 0.25) is 0 Å². The molecule has 0 atom stereocenters. The van der Waals surface area contributed by atoms with Crippen LogP contribution in [0.5, 0.6) is 0 Å². The number of rotatable bonds is 8. The van der Waals surface area contributed by atoms with Gasteiger partial charge >= 0.3 is 0 Å². The molecule has 0 bridgehead atoms. The van der Waals surface area contributed by atoms with E-state index in [0.717, 1.165) is 31.1 Å². The van der Waals surface area contributed by atoms with Gasteiger partial charge in [0.25, 0.3) is 0 Å². The molecule has 0 fully saturated rings. The van der Waals surface area contributed by atoms with E-state index in [0.29, 0.717) is 0 Å². The molecular weight excluding hydrogens is 200 g/mol. The molecule has 0 aromatic carbocycles. The molecule has 2 N–H and O–H groups in total. The van der Waals surface area contributed by atoms with Crippen LogP contribution in [0.25, 0.3) is 0 Å². The summed E-state index contributed by atoms with van der Waals surface area (Å²) in [4.78, 5) is 8.34. The van der Waals surface area contributed by atoms with Gasteiger partial charge in [0.1, 0.15) is 18.0 Å². The van der Waals surface area contributed by atoms with Crippen molar-refractivity contribution in [2.45, 2.75) is 39.5 Å². The number of hydrogen-bond acceptors (Lipinski definition) is 4. The summed E-state index contributed by atoms with van der Waals surface area (Å²) >= 11 is 0. The number of aromatic nitrogens is 2. The van der Waals surface area contributed by atoms with Crippen LogP contribution in [0.3, 0.4) is 0 Å². The minimum absolute atomic E-state index is 0.898. The smallest absolute Gasteiger partial charge is 0.131 e. The molecule has 0 radical (unpaired) electrons. The van der Waals surface area contributed by atoms with Crippen LogP contribution in [0.15, 0.2) is 12.4 Å². The predicted octanol–water partition coefficient (Wildman–Crippen LogP) is 2.90. The van der Waals surface area contributed by atoms with Gasteiger partial charge in [-0.25, -0.2) is 9.97 Å². The van der Waals surface area contributed by atoms with Crippen molar-refractivity contribution in [1.29, 1.82) is 0 Å². The van der Waals surface area contributed by atoms with Gasteiger partial charge in [-0.3, -0.25) is 0 Å². The molecule has 1 rings (SSSR count). The summed E-state index contributed by atoms with van der Waals surface area (Å²) in [6, 6.07) is 1.96. The average Bonchev–Trinajstić information content (AvgIpc) is 2.33. The van der Waals surface area contributed by atoms with Crippen molar-refractivity contribution in [3.63, 3.8) is 0 Å². The summed E-state index contributed by atoms with van der Waals surface area (Å²) in [5.41, 5.74) is 0. The third-order valence-corrected chi connectivity index (χ3v) is 2.31. The normalized spacial score (nSPS) is 10.1. The number of nitrogens with zero attached hydrogens (tertiary/aromatic N) is 2. The van der Waals surface area contributed by atoms with E-state index in [1.54, 1.807) is 6.33 Å². The first-order valence-corrected chi connectivity index (χ1v) is 6.16. The Balaban J connectivity index is 2.35. The Morgan fingerprint density at radius 2 is 1.62 bits per heavy atom. The molecular formula is C12H22N4. The SMILES string of the molecule is CCCCCNc1cc(NCCC)ncn1. The van der Waals surface area contributed by atoms with E-state index in [1.807, 2.05) is 6.07 Å². The van der Waals surface area contributed by atoms with Gasteiger partial charge in [-0.1, -0.05) is 26.7 Å². The second kappa shape index (κ2) is 7.91. The van der Waals surface area contributed by atoms with Gasteiger partial charge < -0.3 is 10.6 Å². The van der Waals surface area contributed by atoms with Crippen LogP contribution in [-0.4, -0.2) is 23.1 Å². The fourth-order valence-corrected chi connectivity index (χ4v) is 1.40. The van der Waals surface area contributed by atoms with E-state index < -0.39 is 0 Å². The first kappa shape index (κ1) is 12.7. The van der Waals surface area contributed by atoms with Crippen molar-refractivity contribution in [3.05, 3.63) is 12.4 Å². The number of hydrogen-bond donors (Lipinski definition) is 2. The van der Waals surface area contributed by atoms with Gasteiger partial charge in [-0.2, -0.15) is 0 Å². The molecule has 16 heavy (non-hydrogen) atoms. The lowest BCUT2D eigenvalue weighted by molar-refractivity contribution is 0.742. The van der Waals surface area contributed by atoms with Crippen molar-refractivity contribution in [2.24, 2.45) is 0 Å². The molecule has 4 heteroatoms. The lowest BCUT2D eigenvalue weighted by Crippen LogP contribution is -2.06. The van der Waals surface area contributed by atoms with Crippen LogP contribution in [0.4, 0.5) is 11.6 Å². The zero-order valence-corrected chi connectivity index (χ0v) is 10.3. The first-order chi connectivity index (χ1) is 7.86. The van der Waals surface area contributed by atoms with E-state index in [4.69, 9.17) is 0 Å². The molecule has 0 aliphatic carbocycles. The highest BCUT2D eigenvalue weighted by Crippen LogP contribution is 2.08. The lowest BCUT2D eigenvalue weighted by atomic mass is 10.2. The second-order valence-electron chi connectivity index (χ2n) is 3.85. The Bertz CT molecular complexity index is 288. The van der Waals surface area contributed by atoms with Crippen molar-refractivity contribution in [3.8, 4) is 0 Å². The summed E-state index contributed by atoms with van der Waals surface area (Å²) in [7, 11) is 0. The Morgan fingerprint density at radius 1 is 0.938 bits per heavy atom. The summed E-state index contributed by atoms with van der Waals surface area (Å²) in [5.74, 6) is 1.81. The minimum atomic E-state index is 0.898. The summed E-state index contributed by atoms with van der Waals surface area (Å²) in [6.45, 7) is 6.28. The maximum Gasteiger partial charge on any atom is 0.131 e. The number of unbranched alkanes of at least 4 members (excludes halogenated alkanes) is 2. The quantitative estimate of drug-likeness (QED) is 0.664. The zero-order valence-electron chi connectivity index (χ0n) is 10.3. The molecule has 0 amide bonds. The van der Waals surface area contributed by atoms with Crippen LogP contribution in [0, 0.1) is 0 Å². The Morgan fingerprint density at radius 3 is 2.25 bits per heavy atom. The van der Waals surface area contributed by atoms with Gasteiger partial charge in [0.05, 0.1) is 0 Å². The topological polar surface area (TPSA) is 49.8 Å². The standard InChI is InChI=1S/C12H22N4/c1-3-5-6-8-14-12-9-11(13-7-4-2)15-10-16-12/h9-10H,3-8H2,1-2H3,(H2,13,14,15,16). The molecule has 1 heterocycles. The molecule has 1 aromatic heterocycles. The lowest BCUT2D eigenvalue weighted by Gasteiger charge is -2.07. The molecule has 0 aliphatic rings. The first-order valence-electron chi connectivity index (χ1n) is 6.16. The van der Waals surface area contributed by atoms with Crippen LogP contribution in [0.1, 0.15) is 39.5 Å². The summed E-state index contributed by atoms with van der Waals surface area (Å²) in [6.07, 6.45) is 6.40. The Hall–Kier alpha value is -1.32. The Labute approximate surface area is 97.9 Å². The molecule has 0 aliphatic heterocycles. The molecule has 0 spiro atoms. The molecule has 0 unspecified atom stereocenters. The molecule has 0 saturated carbocycles. The van der Waals surface area contributed by atoms with Crippen LogP contribution < -0.4 is 10.6 Å². The highest BCUT2D eigenvalue weighted by atomic mass is 15.1. The van der Waals surface area contributed by atoms with E-state index in [-0.39, 0.29) is 0 Å². The minimum Gasteiger partial charge on any atom is -0.370 e. The number of anilines is 2. The van der Waals surface area contributed by atoms with Gasteiger partial charge in [0.2, 0.25) is 0 Å². The van der Waals surface area contributed by atoms with Crippen LogP contribution >= 0.6 is 0 Å². The molecule has 90 valence electrons. The van der Waals surface area contributed by atoms with Crippen molar-refractivity contribution < 1.29 is 0 Å². The fraction of sp³-hybridized carbons (Fsp3) is 0.667. The van der Waals surface area contributed by atoms with E-state index in [1.165, 1.54) is 19.3 Å². The molecule has 0 saturated heterocycles. The zero-order chi connectivity index (χ0) is 11.6.